The number of rotatable bonds is 1. The van der Waals surface area contributed by atoms with E-state index >= 15 is 0 Å². The van der Waals surface area contributed by atoms with Gasteiger partial charge in [-0.3, -0.25) is 4.79 Å². The number of pyridine rings is 1. The smallest absolute Gasteiger partial charge is 0.258 e. The van der Waals surface area contributed by atoms with Crippen molar-refractivity contribution in [3.05, 3.63) is 23.0 Å². The molecule has 1 amide bonds. The molecule has 2 aromatic rings. The molecule has 2 aliphatic heterocycles. The van der Waals surface area contributed by atoms with Crippen LogP contribution in [-0.2, 0) is 0 Å². The van der Waals surface area contributed by atoms with E-state index in [1.807, 2.05) is 24.8 Å². The molecule has 0 spiro atoms. The van der Waals surface area contributed by atoms with E-state index in [0.717, 1.165) is 55.8 Å². The van der Waals surface area contributed by atoms with Gasteiger partial charge >= 0.3 is 0 Å². The van der Waals surface area contributed by atoms with Crippen LogP contribution in [0.1, 0.15) is 34.6 Å². The lowest BCUT2D eigenvalue weighted by atomic mass is 9.92. The van der Waals surface area contributed by atoms with Crippen molar-refractivity contribution in [2.45, 2.75) is 26.7 Å². The quantitative estimate of drug-likeness (QED) is 0.854. The molecule has 130 valence electrons. The van der Waals surface area contributed by atoms with E-state index in [-0.39, 0.29) is 18.3 Å². The van der Waals surface area contributed by atoms with Gasteiger partial charge in [-0.2, -0.15) is 0 Å². The summed E-state index contributed by atoms with van der Waals surface area (Å²) in [7, 11) is 0. The third-order valence-electron chi connectivity index (χ3n) is 5.28. The molecule has 4 heterocycles. The van der Waals surface area contributed by atoms with Gasteiger partial charge in [0.2, 0.25) is 0 Å². The Morgan fingerprint density at radius 3 is 2.58 bits per heavy atom. The van der Waals surface area contributed by atoms with E-state index in [9.17, 15) is 4.79 Å². The summed E-state index contributed by atoms with van der Waals surface area (Å²) >= 11 is 0. The number of halogens is 1. The van der Waals surface area contributed by atoms with E-state index in [2.05, 4.69) is 15.5 Å². The van der Waals surface area contributed by atoms with Crippen LogP contribution in [0.5, 0.6) is 0 Å². The number of carbonyl (C=O) groups excluding carboxylic acids is 1. The third kappa shape index (κ3) is 2.89. The summed E-state index contributed by atoms with van der Waals surface area (Å²) in [6.45, 7) is 7.58. The van der Waals surface area contributed by atoms with Crippen molar-refractivity contribution in [3.8, 4) is 0 Å². The number of nitrogens with one attached hydrogen (secondary N) is 1. The zero-order valence-electron chi connectivity index (χ0n) is 14.0. The number of amides is 1. The fourth-order valence-electron chi connectivity index (χ4n) is 3.98. The number of aryl methyl sites for hydroxylation is 2. The summed E-state index contributed by atoms with van der Waals surface area (Å²) < 4.78 is 5.25. The molecule has 2 saturated heterocycles. The highest BCUT2D eigenvalue weighted by Gasteiger charge is 2.32. The second kappa shape index (κ2) is 6.69. The van der Waals surface area contributed by atoms with Crippen molar-refractivity contribution in [1.82, 2.24) is 20.4 Å². The Bertz CT molecular complexity index is 746. The van der Waals surface area contributed by atoms with Gasteiger partial charge in [-0.15, -0.1) is 12.4 Å². The summed E-state index contributed by atoms with van der Waals surface area (Å²) in [6.07, 6.45) is 2.17. The molecule has 2 aliphatic rings. The minimum absolute atomic E-state index is 0. The van der Waals surface area contributed by atoms with Crippen LogP contribution in [0.4, 0.5) is 0 Å². The van der Waals surface area contributed by atoms with Crippen LogP contribution in [0.25, 0.3) is 11.1 Å². The van der Waals surface area contributed by atoms with Crippen LogP contribution in [0.3, 0.4) is 0 Å². The molecule has 2 atom stereocenters. The Morgan fingerprint density at radius 1 is 1.25 bits per heavy atom. The van der Waals surface area contributed by atoms with Crippen molar-refractivity contribution >= 4 is 29.4 Å². The van der Waals surface area contributed by atoms with E-state index in [1.54, 1.807) is 0 Å². The minimum atomic E-state index is 0. The molecule has 0 unspecified atom stereocenters. The number of carbonyl (C=O) groups is 1. The largest absolute Gasteiger partial charge is 0.339 e. The van der Waals surface area contributed by atoms with Crippen LogP contribution in [0.2, 0.25) is 0 Å². The van der Waals surface area contributed by atoms with Gasteiger partial charge in [-0.1, -0.05) is 5.16 Å². The zero-order valence-corrected chi connectivity index (χ0v) is 14.9. The van der Waals surface area contributed by atoms with Crippen molar-refractivity contribution in [3.63, 3.8) is 0 Å². The van der Waals surface area contributed by atoms with E-state index < -0.39 is 0 Å². The average molecular weight is 351 g/mol. The van der Waals surface area contributed by atoms with Gasteiger partial charge in [0.25, 0.3) is 11.6 Å². The number of hydrogen-bond donors (Lipinski definition) is 1. The normalized spacial score (nSPS) is 23.7. The fraction of sp³-hybridized carbons (Fsp3) is 0.588. The van der Waals surface area contributed by atoms with Crippen LogP contribution < -0.4 is 5.32 Å². The van der Waals surface area contributed by atoms with Crippen molar-refractivity contribution in [2.75, 3.05) is 26.2 Å². The second-order valence-corrected chi connectivity index (χ2v) is 6.81. The molecule has 1 N–H and O–H groups in total. The lowest BCUT2D eigenvalue weighted by molar-refractivity contribution is 0.0760. The SMILES string of the molecule is Cc1cc(C(=O)N2CC[C@@H]3CNC[C@@H]3CC2)c2c(C)noc2n1.Cl. The first-order valence-corrected chi connectivity index (χ1v) is 8.37. The molecule has 0 bridgehead atoms. The molecule has 6 nitrogen and oxygen atoms in total. The van der Waals surface area contributed by atoms with E-state index in [4.69, 9.17) is 4.52 Å². The van der Waals surface area contributed by atoms with Gasteiger partial charge < -0.3 is 14.7 Å². The predicted octanol–water partition coefficient (Wildman–Crippen LogP) is 2.33. The monoisotopic (exact) mass is 350 g/mol. The van der Waals surface area contributed by atoms with Crippen LogP contribution in [0, 0.1) is 25.7 Å². The van der Waals surface area contributed by atoms with Crippen LogP contribution in [-0.4, -0.2) is 47.1 Å². The highest BCUT2D eigenvalue weighted by Crippen LogP contribution is 2.29. The Kier molecular flexibility index (Phi) is 4.78. The summed E-state index contributed by atoms with van der Waals surface area (Å²) in [6, 6.07) is 1.86. The topological polar surface area (TPSA) is 71.3 Å². The van der Waals surface area contributed by atoms with Crippen molar-refractivity contribution < 1.29 is 9.32 Å². The number of fused-ring (bicyclic) bond motifs is 2. The number of aromatic nitrogens is 2. The zero-order chi connectivity index (χ0) is 16.0. The van der Waals surface area contributed by atoms with Gasteiger partial charge in [0.1, 0.15) is 0 Å². The van der Waals surface area contributed by atoms with Gasteiger partial charge in [0.15, 0.2) is 0 Å². The number of hydrogen-bond acceptors (Lipinski definition) is 5. The predicted molar refractivity (Wildman–Crippen MR) is 93.5 cm³/mol. The lowest BCUT2D eigenvalue weighted by Gasteiger charge is -2.21. The van der Waals surface area contributed by atoms with Crippen LogP contribution in [0.15, 0.2) is 10.6 Å². The van der Waals surface area contributed by atoms with Crippen LogP contribution >= 0.6 is 12.4 Å². The number of likely N-dealkylation sites (tertiary alicyclic amines) is 1. The Hall–Kier alpha value is -1.66. The maximum Gasteiger partial charge on any atom is 0.258 e. The summed E-state index contributed by atoms with van der Waals surface area (Å²) in [4.78, 5) is 19.4. The highest BCUT2D eigenvalue weighted by molar-refractivity contribution is 6.06. The molecule has 0 aliphatic carbocycles. The molecular formula is C17H23ClN4O2. The Labute approximate surface area is 147 Å². The molecule has 7 heteroatoms. The number of nitrogens with zero attached hydrogens (tertiary/aromatic N) is 3. The summed E-state index contributed by atoms with van der Waals surface area (Å²) in [5.74, 6) is 1.51. The molecule has 2 fully saturated rings. The van der Waals surface area contributed by atoms with Crippen molar-refractivity contribution in [2.24, 2.45) is 11.8 Å². The second-order valence-electron chi connectivity index (χ2n) is 6.81. The lowest BCUT2D eigenvalue weighted by Crippen LogP contribution is -2.33. The fourth-order valence-corrected chi connectivity index (χ4v) is 3.98. The Morgan fingerprint density at radius 2 is 1.92 bits per heavy atom. The molecule has 4 rings (SSSR count). The van der Waals surface area contributed by atoms with Crippen molar-refractivity contribution in [1.29, 1.82) is 0 Å². The molecular weight excluding hydrogens is 328 g/mol. The van der Waals surface area contributed by atoms with E-state index in [0.29, 0.717) is 23.1 Å². The molecule has 0 radical (unpaired) electrons. The first kappa shape index (κ1) is 17.2. The molecule has 0 saturated carbocycles. The van der Waals surface area contributed by atoms with E-state index in [1.165, 1.54) is 0 Å². The maximum atomic E-state index is 13.1. The van der Waals surface area contributed by atoms with Gasteiger partial charge in [-0.05, 0) is 57.7 Å². The maximum absolute atomic E-state index is 13.1. The first-order chi connectivity index (χ1) is 11.1. The van der Waals surface area contributed by atoms with Gasteiger partial charge in [0, 0.05) is 18.8 Å². The van der Waals surface area contributed by atoms with Gasteiger partial charge in [-0.25, -0.2) is 4.98 Å². The standard InChI is InChI=1S/C17H22N4O2.ClH/c1-10-7-14(15-11(2)20-23-16(15)19-10)17(22)21-5-3-12-8-18-9-13(12)4-6-21;/h7,12-13,18H,3-6,8-9H2,1-2H3;1H/t12-,13+;. The third-order valence-corrected chi connectivity index (χ3v) is 5.28. The highest BCUT2D eigenvalue weighted by atomic mass is 35.5. The molecule has 0 aromatic carbocycles. The minimum Gasteiger partial charge on any atom is -0.339 e. The summed E-state index contributed by atoms with van der Waals surface area (Å²) in [5, 5.41) is 8.20. The average Bonchev–Trinajstić information content (AvgIpc) is 3.08. The Balaban J connectivity index is 0.00000169. The summed E-state index contributed by atoms with van der Waals surface area (Å²) in [5.41, 5.74) is 2.65. The molecule has 24 heavy (non-hydrogen) atoms. The first-order valence-electron chi connectivity index (χ1n) is 8.37. The molecule has 2 aromatic heterocycles. The van der Waals surface area contributed by atoms with Gasteiger partial charge in [0.05, 0.1) is 16.6 Å².